The SMILES string of the molecule is CCNC(=NCCCCc1ccc(OC)cc1)NCCN1C(=O)C2C3C=CC(C3)C2C1=O. The van der Waals surface area contributed by atoms with E-state index in [1.165, 1.54) is 10.5 Å². The molecule has 2 bridgehead atoms. The maximum Gasteiger partial charge on any atom is 0.233 e. The first kappa shape index (κ1) is 22.4. The highest BCUT2D eigenvalue weighted by Gasteiger charge is 2.58. The molecule has 1 aromatic rings. The van der Waals surface area contributed by atoms with E-state index < -0.39 is 0 Å². The first-order valence-corrected chi connectivity index (χ1v) is 11.8. The van der Waals surface area contributed by atoms with Crippen LogP contribution in [0.3, 0.4) is 0 Å². The number of imide groups is 1. The Morgan fingerprint density at radius 2 is 1.75 bits per heavy atom. The third-order valence-electron chi connectivity index (χ3n) is 6.84. The van der Waals surface area contributed by atoms with E-state index >= 15 is 0 Å². The number of nitrogens with one attached hydrogen (secondary N) is 2. The van der Waals surface area contributed by atoms with E-state index in [-0.39, 0.29) is 35.5 Å². The van der Waals surface area contributed by atoms with Gasteiger partial charge >= 0.3 is 0 Å². The first-order valence-electron chi connectivity index (χ1n) is 11.8. The number of rotatable bonds is 10. The summed E-state index contributed by atoms with van der Waals surface area (Å²) in [6.45, 7) is 4.42. The van der Waals surface area contributed by atoms with E-state index in [1.807, 2.05) is 19.1 Å². The maximum atomic E-state index is 12.8. The zero-order valence-electron chi connectivity index (χ0n) is 19.0. The normalized spacial score (nSPS) is 26.1. The molecule has 1 aromatic carbocycles. The molecule has 4 rings (SSSR count). The molecule has 2 aliphatic carbocycles. The number of aryl methyl sites for hydroxylation is 1. The quantitative estimate of drug-likeness (QED) is 0.193. The van der Waals surface area contributed by atoms with Crippen LogP contribution in [0.15, 0.2) is 41.4 Å². The van der Waals surface area contributed by atoms with Crippen LogP contribution in [0.1, 0.15) is 31.7 Å². The van der Waals surface area contributed by atoms with Crippen LogP contribution in [0, 0.1) is 23.7 Å². The molecular weight excluding hydrogens is 404 g/mol. The monoisotopic (exact) mass is 438 g/mol. The van der Waals surface area contributed by atoms with Gasteiger partial charge in [0.25, 0.3) is 0 Å². The molecule has 7 heteroatoms. The van der Waals surface area contributed by atoms with Crippen molar-refractivity contribution in [2.45, 2.75) is 32.6 Å². The predicted octanol–water partition coefficient (Wildman–Crippen LogP) is 2.38. The second-order valence-electron chi connectivity index (χ2n) is 8.82. The molecule has 7 nitrogen and oxygen atoms in total. The van der Waals surface area contributed by atoms with E-state index in [0.717, 1.165) is 50.5 Å². The van der Waals surface area contributed by atoms with Gasteiger partial charge in [0.1, 0.15) is 5.75 Å². The van der Waals surface area contributed by atoms with Crippen LogP contribution in [0.2, 0.25) is 0 Å². The predicted molar refractivity (Wildman–Crippen MR) is 124 cm³/mol. The molecule has 1 heterocycles. The van der Waals surface area contributed by atoms with Crippen molar-refractivity contribution in [1.82, 2.24) is 15.5 Å². The number of nitrogens with zero attached hydrogens (tertiary/aromatic N) is 2. The summed E-state index contributed by atoms with van der Waals surface area (Å²) in [6, 6.07) is 8.19. The minimum Gasteiger partial charge on any atom is -0.497 e. The second-order valence-corrected chi connectivity index (χ2v) is 8.82. The van der Waals surface area contributed by atoms with E-state index in [9.17, 15) is 9.59 Å². The molecule has 2 N–H and O–H groups in total. The van der Waals surface area contributed by atoms with Crippen LogP contribution >= 0.6 is 0 Å². The molecule has 0 aromatic heterocycles. The molecular formula is C25H34N4O3. The molecule has 0 radical (unpaired) electrons. The van der Waals surface area contributed by atoms with Crippen molar-refractivity contribution in [1.29, 1.82) is 0 Å². The minimum atomic E-state index is -0.120. The Kier molecular flexibility index (Phi) is 7.12. The summed E-state index contributed by atoms with van der Waals surface area (Å²) in [5.74, 6) is 1.92. The smallest absolute Gasteiger partial charge is 0.233 e. The van der Waals surface area contributed by atoms with Gasteiger partial charge < -0.3 is 15.4 Å². The second kappa shape index (κ2) is 10.2. The lowest BCUT2D eigenvalue weighted by atomic mass is 9.85. The van der Waals surface area contributed by atoms with Crippen molar-refractivity contribution in [2.24, 2.45) is 28.7 Å². The summed E-state index contributed by atoms with van der Waals surface area (Å²) in [7, 11) is 1.68. The molecule has 172 valence electrons. The summed E-state index contributed by atoms with van der Waals surface area (Å²) in [5, 5.41) is 6.52. The van der Waals surface area contributed by atoms with Crippen molar-refractivity contribution in [3.63, 3.8) is 0 Å². The number of allylic oxidation sites excluding steroid dienone is 2. The number of guanidine groups is 1. The molecule has 4 atom stereocenters. The highest BCUT2D eigenvalue weighted by Crippen LogP contribution is 2.52. The van der Waals surface area contributed by atoms with Crippen molar-refractivity contribution >= 4 is 17.8 Å². The first-order chi connectivity index (χ1) is 15.6. The van der Waals surface area contributed by atoms with Crippen LogP contribution < -0.4 is 15.4 Å². The van der Waals surface area contributed by atoms with Gasteiger partial charge in [-0.25, -0.2) is 0 Å². The number of amides is 2. The van der Waals surface area contributed by atoms with Crippen molar-refractivity contribution in [2.75, 3.05) is 33.3 Å². The summed E-state index contributed by atoms with van der Waals surface area (Å²) >= 11 is 0. The maximum absolute atomic E-state index is 12.8. The van der Waals surface area contributed by atoms with Gasteiger partial charge in [0.05, 0.1) is 18.9 Å². The van der Waals surface area contributed by atoms with Crippen molar-refractivity contribution < 1.29 is 14.3 Å². The zero-order valence-corrected chi connectivity index (χ0v) is 19.0. The average Bonchev–Trinajstić information content (AvgIpc) is 3.49. The molecule has 1 saturated carbocycles. The molecule has 32 heavy (non-hydrogen) atoms. The van der Waals surface area contributed by atoms with E-state index in [4.69, 9.17) is 4.74 Å². The lowest BCUT2D eigenvalue weighted by Crippen LogP contribution is -2.43. The molecule has 2 amide bonds. The number of carbonyl (C=O) groups excluding carboxylic acids is 2. The lowest BCUT2D eigenvalue weighted by molar-refractivity contribution is -0.140. The summed E-state index contributed by atoms with van der Waals surface area (Å²) in [5.41, 5.74) is 1.30. The number of hydrogen-bond acceptors (Lipinski definition) is 4. The molecule has 4 unspecified atom stereocenters. The number of ether oxygens (including phenoxy) is 1. The Morgan fingerprint density at radius 3 is 2.38 bits per heavy atom. The highest BCUT2D eigenvalue weighted by molar-refractivity contribution is 6.06. The topological polar surface area (TPSA) is 83.0 Å². The van der Waals surface area contributed by atoms with Gasteiger partial charge in [0.2, 0.25) is 11.8 Å². The van der Waals surface area contributed by atoms with Gasteiger partial charge in [-0.2, -0.15) is 0 Å². The van der Waals surface area contributed by atoms with Gasteiger partial charge in [-0.3, -0.25) is 19.5 Å². The Bertz CT molecular complexity index is 850. The van der Waals surface area contributed by atoms with Gasteiger partial charge in [-0.05, 0) is 62.1 Å². The van der Waals surface area contributed by atoms with Gasteiger partial charge in [0.15, 0.2) is 5.96 Å². The van der Waals surface area contributed by atoms with Crippen LogP contribution in [-0.2, 0) is 16.0 Å². The third kappa shape index (κ3) is 4.66. The van der Waals surface area contributed by atoms with Gasteiger partial charge in [-0.15, -0.1) is 0 Å². The standard InChI is InChI=1S/C25H34N4O3/c1-3-26-25(27-13-5-4-6-17-7-11-20(32-2)12-8-17)28-14-15-29-23(30)21-18-9-10-19(16-18)22(21)24(29)31/h7-12,18-19,21-22H,3-6,13-16H2,1-2H3,(H2,26,27,28). The lowest BCUT2D eigenvalue weighted by Gasteiger charge is -2.18. The Balaban J connectivity index is 1.19. The summed E-state index contributed by atoms with van der Waals surface area (Å²) in [4.78, 5) is 31.7. The minimum absolute atomic E-state index is 0.0131. The fraction of sp³-hybridized carbons (Fsp3) is 0.560. The van der Waals surface area contributed by atoms with E-state index in [0.29, 0.717) is 13.1 Å². The number of aliphatic imine (C=N–C) groups is 1. The molecule has 1 saturated heterocycles. The number of likely N-dealkylation sites (tertiary alicyclic amines) is 1. The Hall–Kier alpha value is -2.83. The molecule has 2 fully saturated rings. The number of hydrogen-bond donors (Lipinski definition) is 2. The Labute approximate surface area is 190 Å². The molecule has 1 aliphatic heterocycles. The number of carbonyl (C=O) groups is 2. The average molecular weight is 439 g/mol. The van der Waals surface area contributed by atoms with Crippen molar-refractivity contribution in [3.05, 3.63) is 42.0 Å². The van der Waals surface area contributed by atoms with Crippen LogP contribution in [-0.4, -0.2) is 56.0 Å². The van der Waals surface area contributed by atoms with Crippen LogP contribution in [0.25, 0.3) is 0 Å². The number of benzene rings is 1. The molecule has 0 spiro atoms. The van der Waals surface area contributed by atoms with E-state index in [1.54, 1.807) is 7.11 Å². The van der Waals surface area contributed by atoms with E-state index in [2.05, 4.69) is 39.9 Å². The van der Waals surface area contributed by atoms with Gasteiger partial charge in [0, 0.05) is 26.2 Å². The largest absolute Gasteiger partial charge is 0.497 e. The fourth-order valence-corrected chi connectivity index (χ4v) is 5.24. The Morgan fingerprint density at radius 1 is 1.06 bits per heavy atom. The third-order valence-corrected chi connectivity index (χ3v) is 6.84. The van der Waals surface area contributed by atoms with Crippen LogP contribution in [0.5, 0.6) is 5.75 Å². The molecule has 3 aliphatic rings. The highest BCUT2D eigenvalue weighted by atomic mass is 16.5. The summed E-state index contributed by atoms with van der Waals surface area (Å²) < 4.78 is 5.19. The number of unbranched alkanes of at least 4 members (excludes halogenated alkanes) is 1. The number of fused-ring (bicyclic) bond motifs is 5. The number of methoxy groups -OCH3 is 1. The summed E-state index contributed by atoms with van der Waals surface area (Å²) in [6.07, 6.45) is 8.29. The van der Waals surface area contributed by atoms with Gasteiger partial charge in [-0.1, -0.05) is 24.3 Å². The van der Waals surface area contributed by atoms with Crippen LogP contribution in [0.4, 0.5) is 0 Å². The zero-order chi connectivity index (χ0) is 22.5. The van der Waals surface area contributed by atoms with Crippen molar-refractivity contribution in [3.8, 4) is 5.75 Å². The fourth-order valence-electron chi connectivity index (χ4n) is 5.24.